The first-order valence-corrected chi connectivity index (χ1v) is 9.19. The molecule has 162 valence electrons. The van der Waals surface area contributed by atoms with Gasteiger partial charge in [-0.2, -0.15) is 0 Å². The highest BCUT2D eigenvalue weighted by Crippen LogP contribution is 2.39. The lowest BCUT2D eigenvalue weighted by Crippen LogP contribution is -2.57. The third-order valence-electron chi connectivity index (χ3n) is 4.69. The summed E-state index contributed by atoms with van der Waals surface area (Å²) in [7, 11) is 0. The molecule has 3 heterocycles. The van der Waals surface area contributed by atoms with Gasteiger partial charge in [0.15, 0.2) is 5.15 Å². The maximum Gasteiger partial charge on any atom is 0.408 e. The number of carboxylic acid groups (broad SMARTS) is 1. The van der Waals surface area contributed by atoms with Crippen LogP contribution in [-0.4, -0.2) is 66.9 Å². The predicted molar refractivity (Wildman–Crippen MR) is 104 cm³/mol. The molecule has 1 saturated heterocycles. The van der Waals surface area contributed by atoms with E-state index in [1.165, 1.54) is 31.7 Å². The van der Waals surface area contributed by atoms with Gasteiger partial charge in [-0.05, 0) is 26.8 Å². The normalized spacial score (nSPS) is 18.5. The lowest BCUT2D eigenvalue weighted by molar-refractivity contribution is -0.0631. The molecule has 1 aliphatic rings. The summed E-state index contributed by atoms with van der Waals surface area (Å²) in [6.07, 6.45) is -0.343. The zero-order valence-electron chi connectivity index (χ0n) is 16.2. The Morgan fingerprint density at radius 3 is 2.60 bits per heavy atom. The van der Waals surface area contributed by atoms with E-state index in [-0.39, 0.29) is 28.6 Å². The topological polar surface area (TPSA) is 135 Å². The number of H-pyrrole nitrogens is 2. The monoisotopic (exact) mass is 444 g/mol. The summed E-state index contributed by atoms with van der Waals surface area (Å²) >= 11 is 6.07. The third kappa shape index (κ3) is 3.99. The Labute approximate surface area is 173 Å². The van der Waals surface area contributed by atoms with Crippen molar-refractivity contribution >= 4 is 23.4 Å². The fourth-order valence-electron chi connectivity index (χ4n) is 3.43. The molecule has 0 saturated carbocycles. The van der Waals surface area contributed by atoms with Crippen molar-refractivity contribution in [1.82, 2.24) is 25.1 Å². The Balaban J connectivity index is 2.01. The van der Waals surface area contributed by atoms with Gasteiger partial charge in [0.1, 0.15) is 11.7 Å². The number of amides is 1. The van der Waals surface area contributed by atoms with Crippen molar-refractivity contribution in [3.63, 3.8) is 0 Å². The van der Waals surface area contributed by atoms with Crippen molar-refractivity contribution < 1.29 is 18.7 Å². The van der Waals surface area contributed by atoms with Crippen LogP contribution >= 0.6 is 11.6 Å². The quantitative estimate of drug-likeness (QED) is 0.656. The van der Waals surface area contributed by atoms with Gasteiger partial charge in [-0.3, -0.25) is 14.7 Å². The van der Waals surface area contributed by atoms with Crippen LogP contribution in [0.5, 0.6) is 0 Å². The number of hydrogen-bond acceptors (Lipinski definition) is 6. The number of carbonyl (C=O) groups is 1. The first-order valence-electron chi connectivity index (χ1n) is 8.82. The fraction of sp³-hybridized carbons (Fsp3) is 0.471. The van der Waals surface area contributed by atoms with Gasteiger partial charge < -0.3 is 15.0 Å². The number of aromatic amines is 2. The minimum absolute atomic E-state index is 0.00424. The van der Waals surface area contributed by atoms with Crippen LogP contribution in [0.4, 0.5) is 19.3 Å². The van der Waals surface area contributed by atoms with Crippen LogP contribution in [0.1, 0.15) is 20.8 Å². The Morgan fingerprint density at radius 2 is 2.03 bits per heavy atom. The van der Waals surface area contributed by atoms with Gasteiger partial charge in [0, 0.05) is 18.3 Å². The van der Waals surface area contributed by atoms with Gasteiger partial charge in [0.05, 0.1) is 17.8 Å². The molecule has 0 spiro atoms. The Hall–Kier alpha value is -3.02. The molecule has 1 fully saturated rings. The SMILES string of the molecule is CC(C)(C)N(C(=O)O)[C@H]1CN(c2cc(-c3c[nH]c(=O)[nH]c3=O)nnc2Cl)CC1(F)F. The van der Waals surface area contributed by atoms with E-state index in [0.717, 1.165) is 11.1 Å². The van der Waals surface area contributed by atoms with E-state index in [1.54, 1.807) is 0 Å². The van der Waals surface area contributed by atoms with Crippen LogP contribution in [0.15, 0.2) is 21.9 Å². The summed E-state index contributed by atoms with van der Waals surface area (Å²) in [6, 6.07) is -0.335. The second-order valence-corrected chi connectivity index (χ2v) is 8.23. The smallest absolute Gasteiger partial charge is 0.408 e. The zero-order chi connectivity index (χ0) is 22.4. The van der Waals surface area contributed by atoms with Crippen LogP contribution < -0.4 is 16.1 Å². The molecule has 0 aliphatic carbocycles. The molecule has 10 nitrogen and oxygen atoms in total. The largest absolute Gasteiger partial charge is 0.465 e. The summed E-state index contributed by atoms with van der Waals surface area (Å²) in [4.78, 5) is 41.1. The average molecular weight is 445 g/mol. The first-order chi connectivity index (χ1) is 13.8. The molecule has 1 amide bonds. The van der Waals surface area contributed by atoms with Crippen LogP contribution in [0.2, 0.25) is 5.15 Å². The van der Waals surface area contributed by atoms with Crippen molar-refractivity contribution in [2.75, 3.05) is 18.0 Å². The highest BCUT2D eigenvalue weighted by molar-refractivity contribution is 6.32. The summed E-state index contributed by atoms with van der Waals surface area (Å²) < 4.78 is 29.7. The molecule has 3 rings (SSSR count). The molecule has 0 unspecified atom stereocenters. The van der Waals surface area contributed by atoms with Gasteiger partial charge in [0.2, 0.25) is 0 Å². The van der Waals surface area contributed by atoms with E-state index >= 15 is 0 Å². The van der Waals surface area contributed by atoms with Crippen molar-refractivity contribution in [1.29, 1.82) is 0 Å². The molecule has 1 aliphatic heterocycles. The fourth-order valence-corrected chi connectivity index (χ4v) is 3.64. The Morgan fingerprint density at radius 1 is 1.37 bits per heavy atom. The van der Waals surface area contributed by atoms with Crippen molar-refractivity contribution in [3.05, 3.63) is 38.3 Å². The number of halogens is 3. The van der Waals surface area contributed by atoms with Crippen LogP contribution in [0.25, 0.3) is 11.3 Å². The lowest BCUT2D eigenvalue weighted by Gasteiger charge is -2.39. The van der Waals surface area contributed by atoms with Gasteiger partial charge in [-0.15, -0.1) is 10.2 Å². The zero-order valence-corrected chi connectivity index (χ0v) is 17.0. The predicted octanol–water partition coefficient (Wildman–Crippen LogP) is 1.78. The molecule has 2 aromatic heterocycles. The molecule has 3 N–H and O–H groups in total. The van der Waals surface area contributed by atoms with E-state index in [2.05, 4.69) is 15.2 Å². The second-order valence-electron chi connectivity index (χ2n) is 7.87. The van der Waals surface area contributed by atoms with Crippen LogP contribution in [-0.2, 0) is 0 Å². The third-order valence-corrected chi connectivity index (χ3v) is 4.96. The van der Waals surface area contributed by atoms with Gasteiger partial charge in [-0.25, -0.2) is 18.4 Å². The van der Waals surface area contributed by atoms with E-state index in [1.807, 2.05) is 4.98 Å². The lowest BCUT2D eigenvalue weighted by atomic mass is 10.0. The minimum atomic E-state index is -3.37. The summed E-state index contributed by atoms with van der Waals surface area (Å²) in [5.41, 5.74) is -2.49. The summed E-state index contributed by atoms with van der Waals surface area (Å²) in [5.74, 6) is -3.37. The number of nitrogens with zero attached hydrogens (tertiary/aromatic N) is 4. The maximum absolute atomic E-state index is 14.8. The van der Waals surface area contributed by atoms with Crippen molar-refractivity contribution in [2.24, 2.45) is 0 Å². The Kier molecular flexibility index (Phi) is 5.31. The van der Waals surface area contributed by atoms with Gasteiger partial charge in [-0.1, -0.05) is 11.6 Å². The van der Waals surface area contributed by atoms with Crippen molar-refractivity contribution in [3.8, 4) is 11.3 Å². The van der Waals surface area contributed by atoms with Crippen molar-refractivity contribution in [2.45, 2.75) is 38.3 Å². The first kappa shape index (κ1) is 21.7. The number of nitrogens with one attached hydrogen (secondary N) is 2. The molecule has 13 heteroatoms. The molecule has 30 heavy (non-hydrogen) atoms. The average Bonchev–Trinajstić information content (AvgIpc) is 2.89. The molecule has 0 bridgehead atoms. The van der Waals surface area contributed by atoms with Gasteiger partial charge >= 0.3 is 11.8 Å². The van der Waals surface area contributed by atoms with E-state index in [9.17, 15) is 28.3 Å². The minimum Gasteiger partial charge on any atom is -0.465 e. The van der Waals surface area contributed by atoms with Crippen LogP contribution in [0, 0.1) is 0 Å². The van der Waals surface area contributed by atoms with Crippen LogP contribution in [0.3, 0.4) is 0 Å². The highest BCUT2D eigenvalue weighted by atomic mass is 35.5. The van der Waals surface area contributed by atoms with E-state index in [4.69, 9.17) is 11.6 Å². The Bertz CT molecular complexity index is 1100. The second kappa shape index (κ2) is 7.35. The number of alkyl halides is 2. The maximum atomic E-state index is 14.8. The number of anilines is 1. The van der Waals surface area contributed by atoms with Gasteiger partial charge in [0.25, 0.3) is 11.5 Å². The summed E-state index contributed by atoms with van der Waals surface area (Å²) in [6.45, 7) is 3.44. The molecule has 1 atom stereocenters. The highest BCUT2D eigenvalue weighted by Gasteiger charge is 2.55. The molecular weight excluding hydrogens is 426 g/mol. The molecule has 0 radical (unpaired) electrons. The molecule has 0 aromatic carbocycles. The molecular formula is C17H19ClF2N6O4. The van der Waals surface area contributed by atoms with E-state index < -0.39 is 41.4 Å². The standard InChI is InChI=1S/C17H19ClF2N6O4/c1-16(2,3)26(15(29)30)11-6-25(7-17(11,19)20)10-4-9(23-24-12(10)18)8-5-21-14(28)22-13(8)27/h4-5,11H,6-7H2,1-3H3,(H,29,30)(H2,21,22,27,28)/t11-/m0/s1. The summed E-state index contributed by atoms with van der Waals surface area (Å²) in [5, 5.41) is 16.8. The molecule has 2 aromatic rings. The van der Waals surface area contributed by atoms with E-state index in [0.29, 0.717) is 0 Å². The number of aromatic nitrogens is 4. The number of hydrogen-bond donors (Lipinski definition) is 3. The number of rotatable bonds is 3.